The van der Waals surface area contributed by atoms with Gasteiger partial charge in [-0.3, -0.25) is 0 Å². The summed E-state index contributed by atoms with van der Waals surface area (Å²) in [7, 11) is 2.04. The lowest BCUT2D eigenvalue weighted by atomic mass is 9.86. The highest BCUT2D eigenvalue weighted by Gasteiger charge is 2.22. The lowest BCUT2D eigenvalue weighted by Crippen LogP contribution is -2.35. The molecule has 0 aromatic heterocycles. The fourth-order valence-electron chi connectivity index (χ4n) is 2.76. The van der Waals surface area contributed by atoms with Crippen LogP contribution >= 0.6 is 0 Å². The van der Waals surface area contributed by atoms with Crippen LogP contribution in [0.4, 0.5) is 15.8 Å². The van der Waals surface area contributed by atoms with E-state index in [2.05, 4.69) is 11.8 Å². The average molecular weight is 236 g/mol. The molecule has 1 fully saturated rings. The van der Waals surface area contributed by atoms with Gasteiger partial charge in [0.1, 0.15) is 5.82 Å². The van der Waals surface area contributed by atoms with Crippen molar-refractivity contribution in [2.45, 2.75) is 38.6 Å². The maximum atomic E-state index is 13.3. The van der Waals surface area contributed by atoms with Crippen molar-refractivity contribution in [2.75, 3.05) is 17.7 Å². The Morgan fingerprint density at radius 2 is 2.06 bits per heavy atom. The molecule has 17 heavy (non-hydrogen) atoms. The van der Waals surface area contributed by atoms with Crippen molar-refractivity contribution in [3.63, 3.8) is 0 Å². The molecule has 1 aromatic carbocycles. The Hall–Kier alpha value is -1.25. The van der Waals surface area contributed by atoms with E-state index in [0.29, 0.717) is 11.7 Å². The number of nitrogens with zero attached hydrogens (tertiary/aromatic N) is 1. The predicted molar refractivity (Wildman–Crippen MR) is 70.6 cm³/mol. The maximum Gasteiger partial charge on any atom is 0.127 e. The molecule has 0 aliphatic heterocycles. The van der Waals surface area contributed by atoms with Crippen LogP contribution in [-0.2, 0) is 0 Å². The van der Waals surface area contributed by atoms with E-state index in [1.54, 1.807) is 6.07 Å². The minimum Gasteiger partial charge on any atom is -0.399 e. The van der Waals surface area contributed by atoms with Crippen molar-refractivity contribution in [2.24, 2.45) is 5.92 Å². The summed E-state index contributed by atoms with van der Waals surface area (Å²) < 4.78 is 13.3. The topological polar surface area (TPSA) is 29.3 Å². The summed E-state index contributed by atoms with van der Waals surface area (Å²) >= 11 is 0. The smallest absolute Gasteiger partial charge is 0.127 e. The average Bonchev–Trinajstić information content (AvgIpc) is 2.26. The van der Waals surface area contributed by atoms with Crippen LogP contribution in [0.5, 0.6) is 0 Å². The summed E-state index contributed by atoms with van der Waals surface area (Å²) in [6.07, 6.45) is 4.96. The number of nitrogens with two attached hydrogens (primary N) is 1. The number of benzene rings is 1. The van der Waals surface area contributed by atoms with Gasteiger partial charge in [0.25, 0.3) is 0 Å². The highest BCUT2D eigenvalue weighted by atomic mass is 19.1. The molecule has 0 amide bonds. The molecule has 1 aliphatic rings. The van der Waals surface area contributed by atoms with Gasteiger partial charge in [-0.2, -0.15) is 0 Å². The number of nitrogen functional groups attached to an aromatic ring is 1. The molecule has 3 heteroatoms. The van der Waals surface area contributed by atoms with Gasteiger partial charge in [-0.1, -0.05) is 19.8 Å². The third-order valence-corrected chi connectivity index (χ3v) is 3.77. The molecule has 0 heterocycles. The molecule has 2 nitrogen and oxygen atoms in total. The Balaban J connectivity index is 2.15. The van der Waals surface area contributed by atoms with Gasteiger partial charge in [-0.05, 0) is 37.0 Å². The zero-order valence-electron chi connectivity index (χ0n) is 10.6. The van der Waals surface area contributed by atoms with Crippen molar-refractivity contribution in [1.82, 2.24) is 0 Å². The lowest BCUT2D eigenvalue weighted by Gasteiger charge is -2.35. The third kappa shape index (κ3) is 2.90. The zero-order chi connectivity index (χ0) is 12.4. The van der Waals surface area contributed by atoms with E-state index in [1.807, 2.05) is 13.1 Å². The molecule has 0 bridgehead atoms. The van der Waals surface area contributed by atoms with Gasteiger partial charge in [-0.25, -0.2) is 4.39 Å². The van der Waals surface area contributed by atoms with Crippen molar-refractivity contribution in [3.8, 4) is 0 Å². The van der Waals surface area contributed by atoms with E-state index in [-0.39, 0.29) is 5.82 Å². The van der Waals surface area contributed by atoms with Gasteiger partial charge in [0.05, 0.1) is 0 Å². The Morgan fingerprint density at radius 3 is 2.71 bits per heavy atom. The van der Waals surface area contributed by atoms with Crippen molar-refractivity contribution < 1.29 is 4.39 Å². The standard InChI is InChI=1S/C14H21FN2/c1-10-4-3-5-13(6-10)17(2)14-8-11(15)7-12(16)9-14/h7-10,13H,3-6,16H2,1-2H3. The molecule has 0 radical (unpaired) electrons. The number of hydrogen-bond acceptors (Lipinski definition) is 2. The van der Waals surface area contributed by atoms with Crippen LogP contribution in [0.15, 0.2) is 18.2 Å². The van der Waals surface area contributed by atoms with Crippen molar-refractivity contribution in [3.05, 3.63) is 24.0 Å². The van der Waals surface area contributed by atoms with Crippen molar-refractivity contribution >= 4 is 11.4 Å². The summed E-state index contributed by atoms with van der Waals surface area (Å²) in [5.41, 5.74) is 7.07. The minimum atomic E-state index is -0.254. The van der Waals surface area contributed by atoms with Crippen LogP contribution in [0.25, 0.3) is 0 Å². The van der Waals surface area contributed by atoms with Crippen LogP contribution in [0, 0.1) is 11.7 Å². The molecule has 94 valence electrons. The van der Waals surface area contributed by atoms with Crippen LogP contribution in [0.1, 0.15) is 32.6 Å². The highest BCUT2D eigenvalue weighted by Crippen LogP contribution is 2.30. The summed E-state index contributed by atoms with van der Waals surface area (Å²) in [4.78, 5) is 2.18. The first kappa shape index (κ1) is 12.2. The van der Waals surface area contributed by atoms with Crippen LogP contribution < -0.4 is 10.6 Å². The third-order valence-electron chi connectivity index (χ3n) is 3.77. The second kappa shape index (κ2) is 4.94. The summed E-state index contributed by atoms with van der Waals surface area (Å²) in [5.74, 6) is 0.512. The van der Waals surface area contributed by atoms with E-state index in [1.165, 1.54) is 31.7 Å². The second-order valence-corrected chi connectivity index (χ2v) is 5.28. The number of rotatable bonds is 2. The number of hydrogen-bond donors (Lipinski definition) is 1. The molecule has 2 unspecified atom stereocenters. The molecule has 0 spiro atoms. The second-order valence-electron chi connectivity index (χ2n) is 5.28. The SMILES string of the molecule is CC1CCCC(N(C)c2cc(N)cc(F)c2)C1. The van der Waals surface area contributed by atoms with E-state index in [9.17, 15) is 4.39 Å². The Labute approximate surface area is 103 Å². The quantitative estimate of drug-likeness (QED) is 0.797. The molecule has 1 aromatic rings. The zero-order valence-corrected chi connectivity index (χ0v) is 10.6. The van der Waals surface area contributed by atoms with E-state index < -0.39 is 0 Å². The summed E-state index contributed by atoms with van der Waals surface area (Å²) in [6.45, 7) is 2.29. The molecule has 1 aliphatic carbocycles. The van der Waals surface area contributed by atoms with Gasteiger partial charge >= 0.3 is 0 Å². The Bertz CT molecular complexity index is 372. The predicted octanol–water partition coefficient (Wildman–Crippen LogP) is 3.42. The number of anilines is 2. The molecule has 0 saturated heterocycles. The molecule has 2 atom stereocenters. The van der Waals surface area contributed by atoms with Crippen molar-refractivity contribution in [1.29, 1.82) is 0 Å². The first-order valence-electron chi connectivity index (χ1n) is 6.35. The highest BCUT2D eigenvalue weighted by molar-refractivity contribution is 5.56. The van der Waals surface area contributed by atoms with Gasteiger partial charge in [0.2, 0.25) is 0 Å². The molecule has 2 rings (SSSR count). The fraction of sp³-hybridized carbons (Fsp3) is 0.571. The van der Waals surface area contributed by atoms with Gasteiger partial charge in [0, 0.05) is 24.5 Å². The van der Waals surface area contributed by atoms with Crippen LogP contribution in [0.2, 0.25) is 0 Å². The fourth-order valence-corrected chi connectivity index (χ4v) is 2.76. The minimum absolute atomic E-state index is 0.254. The number of halogens is 1. The first-order valence-corrected chi connectivity index (χ1v) is 6.35. The Morgan fingerprint density at radius 1 is 1.29 bits per heavy atom. The van der Waals surface area contributed by atoms with E-state index in [4.69, 9.17) is 5.73 Å². The maximum absolute atomic E-state index is 13.3. The summed E-state index contributed by atoms with van der Waals surface area (Å²) in [5, 5.41) is 0. The van der Waals surface area contributed by atoms with E-state index in [0.717, 1.165) is 11.6 Å². The Kier molecular flexibility index (Phi) is 3.55. The molecular weight excluding hydrogens is 215 g/mol. The van der Waals surface area contributed by atoms with Crippen LogP contribution in [-0.4, -0.2) is 13.1 Å². The normalized spacial score (nSPS) is 24.6. The summed E-state index contributed by atoms with van der Waals surface area (Å²) in [6, 6.07) is 5.29. The van der Waals surface area contributed by atoms with E-state index >= 15 is 0 Å². The first-order chi connectivity index (χ1) is 8.06. The molecule has 2 N–H and O–H groups in total. The van der Waals surface area contributed by atoms with Crippen LogP contribution in [0.3, 0.4) is 0 Å². The lowest BCUT2D eigenvalue weighted by molar-refractivity contribution is 0.336. The van der Waals surface area contributed by atoms with Gasteiger partial charge in [0.15, 0.2) is 0 Å². The van der Waals surface area contributed by atoms with Gasteiger partial charge in [-0.15, -0.1) is 0 Å². The largest absolute Gasteiger partial charge is 0.399 e. The molecule has 1 saturated carbocycles. The molecular formula is C14H21FN2. The van der Waals surface area contributed by atoms with Gasteiger partial charge < -0.3 is 10.6 Å². The monoisotopic (exact) mass is 236 g/mol.